The van der Waals surface area contributed by atoms with Gasteiger partial charge in [0, 0.05) is 11.6 Å². The number of aromatic nitrogens is 2. The second kappa shape index (κ2) is 6.33. The summed E-state index contributed by atoms with van der Waals surface area (Å²) in [6.45, 7) is 3.82. The molecule has 1 aromatic rings. The number of likely N-dealkylation sites (tertiary alicyclic amines) is 1. The van der Waals surface area contributed by atoms with E-state index in [0.717, 1.165) is 6.07 Å². The molecule has 0 amide bonds. The van der Waals surface area contributed by atoms with Crippen LogP contribution in [0.3, 0.4) is 0 Å². The maximum atomic E-state index is 12.9. The van der Waals surface area contributed by atoms with Gasteiger partial charge >= 0.3 is 6.18 Å². The zero-order valence-electron chi connectivity index (χ0n) is 12.9. The molecule has 8 heteroatoms. The van der Waals surface area contributed by atoms with Crippen molar-refractivity contribution in [2.75, 3.05) is 26.3 Å². The number of hydrogen-bond acceptors (Lipinski definition) is 5. The lowest BCUT2D eigenvalue weighted by molar-refractivity contribution is -0.141. The first-order chi connectivity index (χ1) is 10.8. The van der Waals surface area contributed by atoms with Crippen molar-refractivity contribution >= 4 is 0 Å². The van der Waals surface area contributed by atoms with E-state index < -0.39 is 18.0 Å². The monoisotopic (exact) mass is 331 g/mol. The van der Waals surface area contributed by atoms with Crippen LogP contribution < -0.4 is 0 Å². The summed E-state index contributed by atoms with van der Waals surface area (Å²) >= 11 is 0. The van der Waals surface area contributed by atoms with Gasteiger partial charge in [-0.3, -0.25) is 4.90 Å². The molecular formula is C15H20F3N3O2. The van der Waals surface area contributed by atoms with Crippen LogP contribution in [0.4, 0.5) is 13.2 Å². The second-order valence-electron chi connectivity index (χ2n) is 6.23. The van der Waals surface area contributed by atoms with Gasteiger partial charge in [-0.05, 0) is 38.9 Å². The number of aliphatic hydroxyl groups is 1. The molecule has 2 atom stereocenters. The predicted octanol–water partition coefficient (Wildman–Crippen LogP) is 1.74. The van der Waals surface area contributed by atoms with Gasteiger partial charge in [0.2, 0.25) is 0 Å². The fraction of sp³-hybridized carbons (Fsp3) is 0.733. The maximum Gasteiger partial charge on any atom is 0.433 e. The summed E-state index contributed by atoms with van der Waals surface area (Å²) in [5, 5.41) is 9.87. The van der Waals surface area contributed by atoms with E-state index in [1.165, 1.54) is 0 Å². The van der Waals surface area contributed by atoms with E-state index in [4.69, 9.17) is 4.74 Å². The van der Waals surface area contributed by atoms with Crippen molar-refractivity contribution in [2.24, 2.45) is 0 Å². The largest absolute Gasteiger partial charge is 0.433 e. The normalized spacial score (nSPS) is 27.5. The molecular weight excluding hydrogens is 311 g/mol. The van der Waals surface area contributed by atoms with Gasteiger partial charge in [0.15, 0.2) is 0 Å². The smallest absolute Gasteiger partial charge is 0.389 e. The Kier molecular flexibility index (Phi) is 4.57. The van der Waals surface area contributed by atoms with Gasteiger partial charge in [0.05, 0.1) is 25.4 Å². The summed E-state index contributed by atoms with van der Waals surface area (Å²) < 4.78 is 43.9. The highest BCUT2D eigenvalue weighted by Gasteiger charge is 2.36. The fourth-order valence-electron chi connectivity index (χ4n) is 3.29. The van der Waals surface area contributed by atoms with Crippen LogP contribution in [0.5, 0.6) is 0 Å². The Bertz CT molecular complexity index is 559. The van der Waals surface area contributed by atoms with Gasteiger partial charge in [-0.15, -0.1) is 0 Å². The van der Waals surface area contributed by atoms with Gasteiger partial charge in [0.25, 0.3) is 0 Å². The third-order valence-corrected chi connectivity index (χ3v) is 4.55. The molecule has 3 rings (SSSR count). The van der Waals surface area contributed by atoms with Crippen molar-refractivity contribution in [3.05, 3.63) is 23.3 Å². The number of hydrogen-bond donors (Lipinski definition) is 1. The molecule has 0 radical (unpaired) electrons. The van der Waals surface area contributed by atoms with Gasteiger partial charge in [-0.25, -0.2) is 9.97 Å². The minimum absolute atomic E-state index is 0.0138. The second-order valence-corrected chi connectivity index (χ2v) is 6.23. The van der Waals surface area contributed by atoms with Crippen LogP contribution in [-0.4, -0.2) is 58.4 Å². The predicted molar refractivity (Wildman–Crippen MR) is 75.9 cm³/mol. The molecule has 2 aliphatic rings. The third kappa shape index (κ3) is 3.64. The van der Waals surface area contributed by atoms with Crippen LogP contribution in [0.2, 0.25) is 0 Å². The van der Waals surface area contributed by atoms with E-state index in [1.807, 2.05) is 0 Å². The van der Waals surface area contributed by atoms with Crippen molar-refractivity contribution < 1.29 is 23.0 Å². The van der Waals surface area contributed by atoms with Crippen LogP contribution in [-0.2, 0) is 10.9 Å². The van der Waals surface area contributed by atoms with Crippen LogP contribution in [0.15, 0.2) is 6.07 Å². The first-order valence-electron chi connectivity index (χ1n) is 7.77. The molecule has 1 aromatic heterocycles. The molecule has 0 bridgehead atoms. The molecule has 0 spiro atoms. The van der Waals surface area contributed by atoms with E-state index in [1.54, 1.807) is 6.92 Å². The molecule has 2 fully saturated rings. The topological polar surface area (TPSA) is 58.5 Å². The average Bonchev–Trinajstić information content (AvgIpc) is 2.92. The number of nitrogens with zero attached hydrogens (tertiary/aromatic N) is 3. The van der Waals surface area contributed by atoms with Crippen molar-refractivity contribution in [3.8, 4) is 0 Å². The lowest BCUT2D eigenvalue weighted by Crippen LogP contribution is -2.46. The lowest BCUT2D eigenvalue weighted by atomic mass is 9.94. The Morgan fingerprint density at radius 1 is 1.22 bits per heavy atom. The van der Waals surface area contributed by atoms with Crippen molar-refractivity contribution in [1.29, 1.82) is 0 Å². The Labute approximate surface area is 132 Å². The summed E-state index contributed by atoms with van der Waals surface area (Å²) in [5.41, 5.74) is -0.536. The van der Waals surface area contributed by atoms with Crippen LogP contribution in [0.25, 0.3) is 0 Å². The molecule has 0 aromatic carbocycles. The average molecular weight is 331 g/mol. The van der Waals surface area contributed by atoms with Crippen LogP contribution in [0.1, 0.15) is 36.0 Å². The van der Waals surface area contributed by atoms with Crippen molar-refractivity contribution in [3.63, 3.8) is 0 Å². The quantitative estimate of drug-likeness (QED) is 0.895. The highest BCUT2D eigenvalue weighted by atomic mass is 19.4. The van der Waals surface area contributed by atoms with E-state index in [9.17, 15) is 18.3 Å². The number of aliphatic hydroxyl groups excluding tert-OH is 1. The van der Waals surface area contributed by atoms with E-state index >= 15 is 0 Å². The van der Waals surface area contributed by atoms with Crippen molar-refractivity contribution in [1.82, 2.24) is 14.9 Å². The molecule has 0 aliphatic carbocycles. The van der Waals surface area contributed by atoms with Gasteiger partial charge < -0.3 is 9.84 Å². The molecule has 5 nitrogen and oxygen atoms in total. The van der Waals surface area contributed by atoms with Gasteiger partial charge in [0.1, 0.15) is 11.5 Å². The first kappa shape index (κ1) is 16.6. The maximum absolute atomic E-state index is 12.9. The van der Waals surface area contributed by atoms with E-state index in [-0.39, 0.29) is 17.8 Å². The van der Waals surface area contributed by atoms with Crippen LogP contribution >= 0.6 is 0 Å². The van der Waals surface area contributed by atoms with Gasteiger partial charge in [-0.1, -0.05) is 0 Å². The Morgan fingerprint density at radius 3 is 2.48 bits per heavy atom. The molecule has 0 unspecified atom stereocenters. The third-order valence-electron chi connectivity index (χ3n) is 4.55. The summed E-state index contributed by atoms with van der Waals surface area (Å²) in [6.07, 6.45) is -3.57. The first-order valence-corrected chi connectivity index (χ1v) is 7.77. The summed E-state index contributed by atoms with van der Waals surface area (Å²) in [6, 6.07) is 0.963. The summed E-state index contributed by atoms with van der Waals surface area (Å²) in [7, 11) is 0. The van der Waals surface area contributed by atoms with Gasteiger partial charge in [-0.2, -0.15) is 13.2 Å². The van der Waals surface area contributed by atoms with E-state index in [0.29, 0.717) is 44.8 Å². The molecule has 3 heterocycles. The molecule has 128 valence electrons. The minimum Gasteiger partial charge on any atom is -0.389 e. The molecule has 2 saturated heterocycles. The number of halogens is 3. The zero-order valence-corrected chi connectivity index (χ0v) is 12.9. The number of alkyl halides is 3. The minimum atomic E-state index is -4.45. The number of rotatable bonds is 2. The standard InChI is InChI=1S/C15H20F3N3O2/c1-9-6-13(15(16,17)18)20-14(19-9)10-2-4-21(5-3-10)11-7-23-8-12(11)22/h6,10-12,22H,2-5,7-8H2,1H3/t11-,12-/m1/s1. The van der Waals surface area contributed by atoms with Crippen LogP contribution in [0, 0.1) is 6.92 Å². The lowest BCUT2D eigenvalue weighted by Gasteiger charge is -2.36. The fourth-order valence-corrected chi connectivity index (χ4v) is 3.29. The number of piperidine rings is 1. The summed E-state index contributed by atoms with van der Waals surface area (Å²) in [5.74, 6) is 0.201. The molecule has 0 saturated carbocycles. The zero-order chi connectivity index (χ0) is 16.6. The SMILES string of the molecule is Cc1cc(C(F)(F)F)nc(C2CCN([C@@H]3COC[C@H]3O)CC2)n1. The Morgan fingerprint density at radius 2 is 1.91 bits per heavy atom. The number of aryl methyl sites for hydroxylation is 1. The number of ether oxygens (including phenoxy) is 1. The summed E-state index contributed by atoms with van der Waals surface area (Å²) in [4.78, 5) is 10.1. The highest BCUT2D eigenvalue weighted by Crippen LogP contribution is 2.32. The molecule has 23 heavy (non-hydrogen) atoms. The molecule has 2 aliphatic heterocycles. The van der Waals surface area contributed by atoms with Crippen molar-refractivity contribution in [2.45, 2.75) is 44.0 Å². The Hall–Kier alpha value is -1.25. The highest BCUT2D eigenvalue weighted by molar-refractivity contribution is 5.15. The Balaban J connectivity index is 1.69. The molecule has 1 N–H and O–H groups in total. The van der Waals surface area contributed by atoms with E-state index in [2.05, 4.69) is 14.9 Å².